The van der Waals surface area contributed by atoms with Gasteiger partial charge in [0, 0.05) is 0 Å². The van der Waals surface area contributed by atoms with E-state index in [2.05, 4.69) is 61.3 Å². The van der Waals surface area contributed by atoms with E-state index < -0.39 is 21.4 Å². The first kappa shape index (κ1) is 14.2. The number of hydrogen-bond acceptors (Lipinski definition) is 0. The Morgan fingerprint density at radius 1 is 1.11 bits per heavy atom. The van der Waals surface area contributed by atoms with E-state index in [4.69, 9.17) is 0 Å². The van der Waals surface area contributed by atoms with Crippen molar-refractivity contribution in [3.8, 4) is 0 Å². The number of benzene rings is 1. The molecule has 0 saturated carbocycles. The second kappa shape index (κ2) is 5.07. The molecule has 0 heterocycles. The van der Waals surface area contributed by atoms with Gasteiger partial charge in [-0.2, -0.15) is 0 Å². The van der Waals surface area contributed by atoms with Crippen molar-refractivity contribution in [2.75, 3.05) is 0 Å². The third-order valence-corrected chi connectivity index (χ3v) is 13.0. The van der Waals surface area contributed by atoms with E-state index in [0.717, 1.165) is 5.92 Å². The van der Waals surface area contributed by atoms with Gasteiger partial charge in [-0.3, -0.25) is 0 Å². The zero-order valence-electron chi connectivity index (χ0n) is 12.6. The van der Waals surface area contributed by atoms with Gasteiger partial charge in [0.2, 0.25) is 0 Å². The quantitative estimate of drug-likeness (QED) is 0.597. The summed E-state index contributed by atoms with van der Waals surface area (Å²) in [6.45, 7) is 9.21. The Balaban J connectivity index is 2.56. The van der Waals surface area contributed by atoms with E-state index in [1.54, 1.807) is 5.56 Å². The molecule has 0 aliphatic heterocycles. The molecule has 1 unspecified atom stereocenters. The summed E-state index contributed by atoms with van der Waals surface area (Å²) in [6.07, 6.45) is 6.29. The first-order valence-corrected chi connectivity index (χ1v) is 16.0. The molecule has 0 radical (unpaired) electrons. The maximum atomic E-state index is 2.57. The molecule has 0 aromatic heterocycles. The predicted molar refractivity (Wildman–Crippen MR) is 77.8 cm³/mol. The molecular weight excluding hydrogens is 383 g/mol. The zero-order valence-corrected chi connectivity index (χ0v) is 16.2. The number of rotatable bonds is 3. The fourth-order valence-electron chi connectivity index (χ4n) is 3.15. The van der Waals surface area contributed by atoms with Gasteiger partial charge in [0.1, 0.15) is 0 Å². The maximum absolute atomic E-state index is 2.57. The zero-order chi connectivity index (χ0) is 13.5. The van der Waals surface area contributed by atoms with Crippen LogP contribution in [0, 0.1) is 19.8 Å². The van der Waals surface area contributed by atoms with Gasteiger partial charge in [0.25, 0.3) is 0 Å². The summed E-state index contributed by atoms with van der Waals surface area (Å²) in [5.74, 6) is 0.780. The average Bonchev–Trinajstić information content (AvgIpc) is 2.59. The second-order valence-corrected chi connectivity index (χ2v) is 16.8. The molecule has 1 heteroatoms. The summed E-state index contributed by atoms with van der Waals surface area (Å²) in [6, 6.07) is 4.86. The Labute approximate surface area is 120 Å². The Hall–Kier alpha value is -0.170. The van der Waals surface area contributed by atoms with Crippen LogP contribution >= 0.6 is 0 Å². The first-order valence-electron chi connectivity index (χ1n) is 6.98. The van der Waals surface area contributed by atoms with Crippen molar-refractivity contribution < 1.29 is 21.4 Å². The summed E-state index contributed by atoms with van der Waals surface area (Å²) in [7, 11) is 0. The van der Waals surface area contributed by atoms with Crippen molar-refractivity contribution in [3.05, 3.63) is 40.5 Å². The van der Waals surface area contributed by atoms with Gasteiger partial charge in [0.05, 0.1) is 0 Å². The molecule has 18 heavy (non-hydrogen) atoms. The van der Waals surface area contributed by atoms with Gasteiger partial charge in [-0.1, -0.05) is 0 Å². The van der Waals surface area contributed by atoms with Crippen molar-refractivity contribution >= 4 is 6.08 Å². The van der Waals surface area contributed by atoms with Crippen molar-refractivity contribution in [2.24, 2.45) is 5.92 Å². The predicted octanol–water partition coefficient (Wildman–Crippen LogP) is 5.29. The van der Waals surface area contributed by atoms with Gasteiger partial charge >= 0.3 is 121 Å². The third kappa shape index (κ3) is 2.31. The molecular formula is C17H25Hf. The van der Waals surface area contributed by atoms with Crippen LogP contribution in [-0.2, 0) is 24.6 Å². The van der Waals surface area contributed by atoms with E-state index in [9.17, 15) is 0 Å². The summed E-state index contributed by atoms with van der Waals surface area (Å²) in [5.41, 5.74) is 6.02. The van der Waals surface area contributed by atoms with Crippen molar-refractivity contribution in [3.63, 3.8) is 0 Å². The molecule has 0 amide bonds. The number of allylic oxidation sites excluding steroid dienone is 1. The molecule has 0 saturated heterocycles. The topological polar surface area (TPSA) is 0 Å². The van der Waals surface area contributed by atoms with E-state index in [0.29, 0.717) is 3.17 Å². The van der Waals surface area contributed by atoms with Gasteiger partial charge in [-0.25, -0.2) is 0 Å². The van der Waals surface area contributed by atoms with Gasteiger partial charge in [-0.05, 0) is 0 Å². The van der Waals surface area contributed by atoms with Crippen molar-refractivity contribution in [1.29, 1.82) is 0 Å². The minimum absolute atomic E-state index is 0.465. The van der Waals surface area contributed by atoms with Crippen molar-refractivity contribution in [1.82, 2.24) is 0 Å². The van der Waals surface area contributed by atoms with Crippen LogP contribution in [0.15, 0.2) is 18.2 Å². The van der Waals surface area contributed by atoms with Crippen LogP contribution in [-0.4, -0.2) is 0 Å². The van der Waals surface area contributed by atoms with E-state index in [1.807, 2.05) is 0 Å². The van der Waals surface area contributed by atoms with Gasteiger partial charge < -0.3 is 0 Å². The summed E-state index contributed by atoms with van der Waals surface area (Å²) < 4.78 is 5.61. The Bertz CT molecular complexity index is 483. The fraction of sp³-hybridized carbons (Fsp3) is 0.529. The van der Waals surface area contributed by atoms with Crippen LogP contribution < -0.4 is 0 Å². The molecule has 1 aromatic carbocycles. The second-order valence-electron chi connectivity index (χ2n) is 6.43. The normalized spacial score (nSPS) is 21.5. The van der Waals surface area contributed by atoms with Crippen LogP contribution in [0.5, 0.6) is 0 Å². The molecule has 1 aliphatic rings. The Kier molecular flexibility index (Phi) is 4.02. The minimum atomic E-state index is -1.54. The summed E-state index contributed by atoms with van der Waals surface area (Å²) >= 11 is -1.54. The van der Waals surface area contributed by atoms with Crippen LogP contribution in [0.25, 0.3) is 6.08 Å². The van der Waals surface area contributed by atoms with Crippen LogP contribution in [0.1, 0.15) is 42.5 Å². The summed E-state index contributed by atoms with van der Waals surface area (Å²) in [4.78, 5) is 0. The van der Waals surface area contributed by atoms with Crippen LogP contribution in [0.4, 0.5) is 0 Å². The van der Waals surface area contributed by atoms with Crippen LogP contribution in [0.3, 0.4) is 0 Å². The molecule has 0 N–H and O–H groups in total. The molecule has 1 atom stereocenters. The number of hydrogen-bond donors (Lipinski definition) is 0. The van der Waals surface area contributed by atoms with E-state index in [-0.39, 0.29) is 0 Å². The number of fused-ring (bicyclic) bond motifs is 1. The monoisotopic (exact) mass is 409 g/mol. The van der Waals surface area contributed by atoms with Gasteiger partial charge in [-0.15, -0.1) is 0 Å². The molecule has 2 rings (SSSR count). The van der Waals surface area contributed by atoms with Gasteiger partial charge in [0.15, 0.2) is 0 Å². The molecule has 0 bridgehead atoms. The fourth-order valence-corrected chi connectivity index (χ4v) is 10.3. The molecule has 0 spiro atoms. The number of aryl methyl sites for hydroxylation is 2. The molecule has 1 aliphatic carbocycles. The average molecular weight is 408 g/mol. The molecule has 0 fully saturated rings. The molecule has 97 valence electrons. The molecule has 1 aromatic rings. The standard InChI is InChI=1S/C15H19.2CH3.Hf/c1-10(2)7-13-5-6-14-8-11(3)12(4)9-15(13)14;;;/h5-6,8-10H,7H2,1-4H3;2*1H3;. The first-order chi connectivity index (χ1) is 8.36. The van der Waals surface area contributed by atoms with E-state index in [1.165, 1.54) is 23.1 Å². The van der Waals surface area contributed by atoms with Crippen molar-refractivity contribution in [2.45, 2.75) is 46.6 Å². The van der Waals surface area contributed by atoms with Crippen LogP contribution in [0.2, 0.25) is 9.36 Å². The Morgan fingerprint density at radius 2 is 1.72 bits per heavy atom. The third-order valence-electron chi connectivity index (χ3n) is 4.32. The summed E-state index contributed by atoms with van der Waals surface area (Å²) in [5, 5.41) is 0. The SMILES string of the molecule is Cc1cc2c(cc1C)[C](CC(C)C)([Hf]([CH3])[CH3])C=C2. The Morgan fingerprint density at radius 3 is 2.28 bits per heavy atom. The van der Waals surface area contributed by atoms with E-state index >= 15 is 0 Å². The molecule has 0 nitrogen and oxygen atoms in total.